The maximum atomic E-state index is 13.0. The molecule has 0 bridgehead atoms. The Bertz CT molecular complexity index is 891. The largest absolute Gasteiger partial charge is 0.329 e. The summed E-state index contributed by atoms with van der Waals surface area (Å²) in [6, 6.07) is 4.02. The summed E-state index contributed by atoms with van der Waals surface area (Å²) in [5.74, 6) is -0.413. The Hall–Kier alpha value is -2.46. The molecule has 10 heteroatoms. The fourth-order valence-electron chi connectivity index (χ4n) is 3.55. The van der Waals surface area contributed by atoms with Gasteiger partial charge in [0.05, 0.1) is 11.4 Å². The van der Waals surface area contributed by atoms with Gasteiger partial charge in [-0.05, 0) is 43.5 Å². The van der Waals surface area contributed by atoms with Crippen LogP contribution < -0.4 is 10.6 Å². The number of imide groups is 1. The van der Waals surface area contributed by atoms with E-state index < -0.39 is 16.1 Å². The molecule has 152 valence electrons. The first-order valence-corrected chi connectivity index (χ1v) is 10.7. The van der Waals surface area contributed by atoms with E-state index in [4.69, 9.17) is 0 Å². The zero-order chi connectivity index (χ0) is 20.5. The second-order valence-electron chi connectivity index (χ2n) is 6.94. The van der Waals surface area contributed by atoms with Crippen LogP contribution in [-0.2, 0) is 19.6 Å². The summed E-state index contributed by atoms with van der Waals surface area (Å²) in [5.41, 5.74) is 1.10. The van der Waals surface area contributed by atoms with Gasteiger partial charge in [0, 0.05) is 31.2 Å². The predicted octanol–water partition coefficient (Wildman–Crippen LogP) is 1.05. The number of rotatable bonds is 5. The average molecular weight is 408 g/mol. The molecule has 2 N–H and O–H groups in total. The van der Waals surface area contributed by atoms with Crippen LogP contribution in [0.15, 0.2) is 23.1 Å². The molecule has 0 aliphatic carbocycles. The van der Waals surface area contributed by atoms with Crippen molar-refractivity contribution in [1.82, 2.24) is 14.5 Å². The summed E-state index contributed by atoms with van der Waals surface area (Å²) in [7, 11) is -3.70. The highest BCUT2D eigenvalue weighted by molar-refractivity contribution is 7.89. The van der Waals surface area contributed by atoms with Gasteiger partial charge >= 0.3 is 6.03 Å². The summed E-state index contributed by atoms with van der Waals surface area (Å²) in [5, 5.41) is 5.20. The highest BCUT2D eigenvalue weighted by Crippen LogP contribution is 2.27. The van der Waals surface area contributed by atoms with E-state index >= 15 is 0 Å². The summed E-state index contributed by atoms with van der Waals surface area (Å²) >= 11 is 0. The molecule has 0 atom stereocenters. The SMILES string of the molecule is CCC(=O)Nc1ccc(S(=O)(=O)N2CCC(N3C(=O)CNC3=O)CC2)c(C)c1. The predicted molar refractivity (Wildman–Crippen MR) is 102 cm³/mol. The minimum atomic E-state index is -3.70. The first-order valence-electron chi connectivity index (χ1n) is 9.24. The Morgan fingerprint density at radius 2 is 1.93 bits per heavy atom. The molecule has 0 aromatic heterocycles. The standard InChI is InChI=1S/C18H24N4O5S/c1-3-16(23)20-13-4-5-15(12(2)10-13)28(26,27)21-8-6-14(7-9-21)22-17(24)11-19-18(22)25/h4-5,10,14H,3,6-9,11H2,1-2H3,(H,19,25)(H,20,23). The molecule has 0 saturated carbocycles. The number of nitrogens with zero attached hydrogens (tertiary/aromatic N) is 2. The van der Waals surface area contributed by atoms with Gasteiger partial charge in [0.2, 0.25) is 21.8 Å². The molecule has 2 fully saturated rings. The lowest BCUT2D eigenvalue weighted by molar-refractivity contribution is -0.127. The molecule has 1 aromatic rings. The third-order valence-electron chi connectivity index (χ3n) is 5.06. The monoisotopic (exact) mass is 408 g/mol. The Kier molecular flexibility index (Phi) is 5.71. The van der Waals surface area contributed by atoms with Gasteiger partial charge in [0.25, 0.3) is 0 Å². The first-order chi connectivity index (χ1) is 13.2. The molecule has 1 aromatic carbocycles. The smallest absolute Gasteiger partial charge is 0.324 e. The van der Waals surface area contributed by atoms with Gasteiger partial charge in [-0.3, -0.25) is 14.5 Å². The van der Waals surface area contributed by atoms with Crippen LogP contribution in [0.3, 0.4) is 0 Å². The number of piperidine rings is 1. The van der Waals surface area contributed by atoms with E-state index in [-0.39, 0.29) is 42.4 Å². The summed E-state index contributed by atoms with van der Waals surface area (Å²) in [4.78, 5) is 36.5. The van der Waals surface area contributed by atoms with Crippen molar-refractivity contribution in [2.45, 2.75) is 44.0 Å². The van der Waals surface area contributed by atoms with Crippen LogP contribution in [0.25, 0.3) is 0 Å². The molecule has 2 heterocycles. The van der Waals surface area contributed by atoms with E-state index in [1.54, 1.807) is 26.0 Å². The van der Waals surface area contributed by atoms with Gasteiger partial charge in [0.1, 0.15) is 0 Å². The number of anilines is 1. The van der Waals surface area contributed by atoms with Gasteiger partial charge in [-0.25, -0.2) is 13.2 Å². The number of hydrogen-bond donors (Lipinski definition) is 2. The van der Waals surface area contributed by atoms with Crippen LogP contribution >= 0.6 is 0 Å². The van der Waals surface area contributed by atoms with E-state index in [0.717, 1.165) is 0 Å². The molecule has 0 unspecified atom stereocenters. The van der Waals surface area contributed by atoms with E-state index in [9.17, 15) is 22.8 Å². The molecule has 3 rings (SSSR count). The van der Waals surface area contributed by atoms with Crippen LogP contribution in [0, 0.1) is 6.92 Å². The number of hydrogen-bond acceptors (Lipinski definition) is 5. The Morgan fingerprint density at radius 1 is 1.25 bits per heavy atom. The van der Waals surface area contributed by atoms with Gasteiger partial charge in [-0.15, -0.1) is 0 Å². The van der Waals surface area contributed by atoms with Crippen molar-refractivity contribution in [3.8, 4) is 0 Å². The number of carbonyl (C=O) groups is 3. The quantitative estimate of drug-likeness (QED) is 0.707. The number of nitrogens with one attached hydrogen (secondary N) is 2. The Balaban J connectivity index is 1.71. The summed E-state index contributed by atoms with van der Waals surface area (Å²) < 4.78 is 27.4. The van der Waals surface area contributed by atoms with Crippen molar-refractivity contribution in [2.75, 3.05) is 25.0 Å². The van der Waals surface area contributed by atoms with Crippen LogP contribution in [0.4, 0.5) is 10.5 Å². The summed E-state index contributed by atoms with van der Waals surface area (Å²) in [6.45, 7) is 3.89. The highest BCUT2D eigenvalue weighted by atomic mass is 32.2. The van der Waals surface area contributed by atoms with Crippen molar-refractivity contribution in [3.63, 3.8) is 0 Å². The molecule has 4 amide bonds. The number of aryl methyl sites for hydroxylation is 1. The van der Waals surface area contributed by atoms with Crippen LogP contribution in [-0.4, -0.2) is 61.1 Å². The lowest BCUT2D eigenvalue weighted by Crippen LogP contribution is -2.49. The van der Waals surface area contributed by atoms with Gasteiger partial charge in [-0.2, -0.15) is 4.31 Å². The zero-order valence-corrected chi connectivity index (χ0v) is 16.7. The van der Waals surface area contributed by atoms with Gasteiger partial charge in [-0.1, -0.05) is 6.92 Å². The van der Waals surface area contributed by atoms with Crippen LogP contribution in [0.2, 0.25) is 0 Å². The minimum Gasteiger partial charge on any atom is -0.329 e. The van der Waals surface area contributed by atoms with Crippen LogP contribution in [0.1, 0.15) is 31.7 Å². The maximum absolute atomic E-state index is 13.0. The maximum Gasteiger partial charge on any atom is 0.324 e. The average Bonchev–Trinajstić information content (AvgIpc) is 3.00. The van der Waals surface area contributed by atoms with Crippen molar-refractivity contribution in [2.24, 2.45) is 0 Å². The molecule has 0 radical (unpaired) electrons. The Morgan fingerprint density at radius 3 is 2.46 bits per heavy atom. The van der Waals surface area contributed by atoms with E-state index in [1.807, 2.05) is 0 Å². The fraction of sp³-hybridized carbons (Fsp3) is 0.500. The lowest BCUT2D eigenvalue weighted by Gasteiger charge is -2.34. The number of amides is 4. The molecule has 28 heavy (non-hydrogen) atoms. The second-order valence-corrected chi connectivity index (χ2v) is 8.85. The van der Waals surface area contributed by atoms with E-state index in [2.05, 4.69) is 10.6 Å². The molecule has 2 aliphatic heterocycles. The van der Waals surface area contributed by atoms with E-state index in [1.165, 1.54) is 15.3 Å². The third-order valence-corrected chi connectivity index (χ3v) is 7.12. The molecule has 2 aliphatic rings. The normalized spacial score (nSPS) is 19.0. The topological polar surface area (TPSA) is 116 Å². The molecule has 9 nitrogen and oxygen atoms in total. The molecule has 2 saturated heterocycles. The highest BCUT2D eigenvalue weighted by Gasteiger charge is 2.39. The first kappa shape index (κ1) is 20.3. The molecule has 0 spiro atoms. The van der Waals surface area contributed by atoms with Gasteiger partial charge in [0.15, 0.2) is 0 Å². The van der Waals surface area contributed by atoms with Crippen LogP contribution in [0.5, 0.6) is 0 Å². The zero-order valence-electron chi connectivity index (χ0n) is 15.9. The van der Waals surface area contributed by atoms with Crippen molar-refractivity contribution in [3.05, 3.63) is 23.8 Å². The molecular formula is C18H24N4O5S. The number of carbonyl (C=O) groups excluding carboxylic acids is 3. The Labute approximate surface area is 164 Å². The lowest BCUT2D eigenvalue weighted by atomic mass is 10.1. The number of urea groups is 1. The number of sulfonamides is 1. The van der Waals surface area contributed by atoms with Crippen molar-refractivity contribution < 1.29 is 22.8 Å². The van der Waals surface area contributed by atoms with Crippen molar-refractivity contribution >= 4 is 33.6 Å². The number of benzene rings is 1. The summed E-state index contributed by atoms with van der Waals surface area (Å²) in [6.07, 6.45) is 1.15. The van der Waals surface area contributed by atoms with Gasteiger partial charge < -0.3 is 10.6 Å². The minimum absolute atomic E-state index is 0.00252. The van der Waals surface area contributed by atoms with E-state index in [0.29, 0.717) is 30.5 Å². The molecular weight excluding hydrogens is 384 g/mol. The second kappa shape index (κ2) is 7.88. The fourth-order valence-corrected chi connectivity index (χ4v) is 5.23. The third kappa shape index (κ3) is 3.88. The van der Waals surface area contributed by atoms with Crippen molar-refractivity contribution in [1.29, 1.82) is 0 Å².